The third-order valence-corrected chi connectivity index (χ3v) is 5.43. The monoisotopic (exact) mass is 387 g/mol. The maximum atomic E-state index is 13.4. The molecule has 1 fully saturated rings. The lowest BCUT2D eigenvalue weighted by molar-refractivity contribution is -0.147. The van der Waals surface area contributed by atoms with Gasteiger partial charge in [-0.3, -0.25) is 4.79 Å². The predicted molar refractivity (Wildman–Crippen MR) is 95.2 cm³/mol. The number of nitrogens with zero attached hydrogens (tertiary/aromatic N) is 3. The first-order chi connectivity index (χ1) is 12.8. The zero-order valence-electron chi connectivity index (χ0n) is 15.9. The Hall–Kier alpha value is -1.61. The van der Waals surface area contributed by atoms with Gasteiger partial charge < -0.3 is 20.1 Å². The maximum absolute atomic E-state index is 13.4. The zero-order chi connectivity index (χ0) is 19.6. The third kappa shape index (κ3) is 4.29. The topological polar surface area (TPSA) is 62.2 Å². The molecule has 3 rings (SSSR count). The second-order valence-electron chi connectivity index (χ2n) is 7.37. The Labute approximate surface area is 157 Å². The Morgan fingerprint density at radius 2 is 2.04 bits per heavy atom. The van der Waals surface area contributed by atoms with Crippen LogP contribution in [0.3, 0.4) is 0 Å². The van der Waals surface area contributed by atoms with Crippen LogP contribution in [0.2, 0.25) is 0 Å². The lowest BCUT2D eigenvalue weighted by Crippen LogP contribution is -2.47. The van der Waals surface area contributed by atoms with Crippen LogP contribution in [0.25, 0.3) is 0 Å². The molecule has 0 radical (unpaired) electrons. The van der Waals surface area contributed by atoms with Crippen molar-refractivity contribution < 1.29 is 18.0 Å². The highest BCUT2D eigenvalue weighted by Gasteiger charge is 2.41. The van der Waals surface area contributed by atoms with Crippen molar-refractivity contribution in [3.05, 3.63) is 17.2 Å². The van der Waals surface area contributed by atoms with Crippen LogP contribution in [0.1, 0.15) is 56.2 Å². The second-order valence-corrected chi connectivity index (χ2v) is 7.37. The highest BCUT2D eigenvalue weighted by molar-refractivity contribution is 5.81. The van der Waals surface area contributed by atoms with E-state index in [2.05, 4.69) is 15.6 Å². The van der Waals surface area contributed by atoms with E-state index in [-0.39, 0.29) is 24.4 Å². The molecule has 1 atom stereocenters. The Morgan fingerprint density at radius 1 is 1.33 bits per heavy atom. The number of imidazole rings is 1. The molecule has 152 valence electrons. The summed E-state index contributed by atoms with van der Waals surface area (Å²) in [4.78, 5) is 18.3. The molecule has 0 spiro atoms. The number of alkyl halides is 3. The molecule has 1 unspecified atom stereocenters. The fraction of sp³-hybridized carbons (Fsp3) is 0.778. The van der Waals surface area contributed by atoms with Gasteiger partial charge in [0.1, 0.15) is 0 Å². The quantitative estimate of drug-likeness (QED) is 0.812. The highest BCUT2D eigenvalue weighted by Crippen LogP contribution is 2.36. The smallest absolute Gasteiger partial charge is 0.341 e. The summed E-state index contributed by atoms with van der Waals surface area (Å²) in [7, 11) is 0. The van der Waals surface area contributed by atoms with Gasteiger partial charge in [0.15, 0.2) is 0 Å². The number of hydrogen-bond acceptors (Lipinski definition) is 4. The van der Waals surface area contributed by atoms with E-state index in [9.17, 15) is 18.0 Å². The van der Waals surface area contributed by atoms with Crippen LogP contribution in [0.15, 0.2) is 0 Å². The zero-order valence-corrected chi connectivity index (χ0v) is 15.9. The molecular weight excluding hydrogens is 359 g/mol. The number of amides is 1. The number of carbonyl (C=O) groups is 1. The number of likely N-dealkylation sites (tertiary alicyclic amines) is 1. The molecule has 1 amide bonds. The van der Waals surface area contributed by atoms with Crippen molar-refractivity contribution in [3.8, 4) is 0 Å². The third-order valence-electron chi connectivity index (χ3n) is 5.43. The highest BCUT2D eigenvalue weighted by atomic mass is 19.4. The van der Waals surface area contributed by atoms with E-state index in [1.807, 2.05) is 18.7 Å². The molecule has 27 heavy (non-hydrogen) atoms. The van der Waals surface area contributed by atoms with Crippen molar-refractivity contribution in [1.82, 2.24) is 25.1 Å². The minimum absolute atomic E-state index is 0.0368. The molecular formula is C18H28F3N5O. The summed E-state index contributed by atoms with van der Waals surface area (Å²) in [5.74, 6) is -0.762. The van der Waals surface area contributed by atoms with E-state index in [1.165, 1.54) is 4.57 Å². The van der Waals surface area contributed by atoms with Gasteiger partial charge in [0, 0.05) is 38.6 Å². The molecule has 2 aliphatic rings. The van der Waals surface area contributed by atoms with Gasteiger partial charge in [-0.1, -0.05) is 6.92 Å². The van der Waals surface area contributed by atoms with E-state index >= 15 is 0 Å². The number of nitrogens with one attached hydrogen (secondary N) is 2. The van der Waals surface area contributed by atoms with Crippen LogP contribution < -0.4 is 10.6 Å². The molecule has 2 N–H and O–H groups in total. The first kappa shape index (κ1) is 20.1. The van der Waals surface area contributed by atoms with Crippen LogP contribution in [-0.4, -0.2) is 52.6 Å². The number of halogens is 3. The van der Waals surface area contributed by atoms with Gasteiger partial charge in [-0.15, -0.1) is 0 Å². The van der Waals surface area contributed by atoms with Gasteiger partial charge >= 0.3 is 6.18 Å². The molecule has 2 aliphatic heterocycles. The van der Waals surface area contributed by atoms with Crippen LogP contribution in [0.5, 0.6) is 0 Å². The molecule has 0 aromatic carbocycles. The van der Waals surface area contributed by atoms with Crippen molar-refractivity contribution in [3.63, 3.8) is 0 Å². The molecule has 1 saturated heterocycles. The van der Waals surface area contributed by atoms with E-state index in [1.54, 1.807) is 0 Å². The fourth-order valence-corrected chi connectivity index (χ4v) is 3.97. The van der Waals surface area contributed by atoms with Gasteiger partial charge in [0.25, 0.3) is 0 Å². The first-order valence-corrected chi connectivity index (χ1v) is 9.72. The Balaban J connectivity index is 1.70. The average Bonchev–Trinajstić information content (AvgIpc) is 3.06. The van der Waals surface area contributed by atoms with Crippen LogP contribution in [-0.2, 0) is 24.1 Å². The van der Waals surface area contributed by atoms with Gasteiger partial charge in [-0.2, -0.15) is 13.2 Å². The van der Waals surface area contributed by atoms with Crippen molar-refractivity contribution in [2.75, 3.05) is 26.2 Å². The van der Waals surface area contributed by atoms with Crippen LogP contribution in [0, 0.1) is 0 Å². The summed E-state index contributed by atoms with van der Waals surface area (Å²) in [6.45, 7) is 7.03. The number of aromatic nitrogens is 2. The lowest BCUT2D eigenvalue weighted by atomic mass is 9.91. The maximum Gasteiger partial charge on any atom is 0.449 e. The number of rotatable bonds is 5. The fourth-order valence-electron chi connectivity index (χ4n) is 3.97. The molecule has 0 aliphatic carbocycles. The van der Waals surface area contributed by atoms with Crippen molar-refractivity contribution >= 4 is 5.91 Å². The number of carbonyl (C=O) groups excluding carboxylic acids is 1. The lowest BCUT2D eigenvalue weighted by Gasteiger charge is -2.33. The second kappa shape index (κ2) is 8.18. The SMILES string of the molecule is CCCNC(C)C(=O)N1CCC(c2nc(C(F)(F)F)n3c2CNCC3)CC1. The van der Waals surface area contributed by atoms with Crippen LogP contribution in [0.4, 0.5) is 13.2 Å². The molecule has 9 heteroatoms. The van der Waals surface area contributed by atoms with Crippen molar-refractivity contribution in [1.29, 1.82) is 0 Å². The van der Waals surface area contributed by atoms with E-state index in [0.717, 1.165) is 13.0 Å². The Bertz CT molecular complexity index is 665. The van der Waals surface area contributed by atoms with Crippen LogP contribution >= 0.6 is 0 Å². The largest absolute Gasteiger partial charge is 0.449 e. The van der Waals surface area contributed by atoms with E-state index in [4.69, 9.17) is 0 Å². The first-order valence-electron chi connectivity index (χ1n) is 9.72. The number of fused-ring (bicyclic) bond motifs is 1. The molecule has 0 bridgehead atoms. The predicted octanol–water partition coefficient (Wildman–Crippen LogP) is 2.10. The molecule has 1 aromatic rings. The van der Waals surface area contributed by atoms with Gasteiger partial charge in [0.05, 0.1) is 17.4 Å². The summed E-state index contributed by atoms with van der Waals surface area (Å²) in [6.07, 6.45) is -2.19. The Kier molecular flexibility index (Phi) is 6.10. The molecule has 3 heterocycles. The van der Waals surface area contributed by atoms with E-state index < -0.39 is 12.0 Å². The normalized spacial score (nSPS) is 19.8. The standard InChI is InChI=1S/C18H28F3N5O/c1-3-6-23-12(2)16(27)25-8-4-13(5-9-25)15-14-11-22-7-10-26(14)17(24-15)18(19,20)21/h12-13,22-23H,3-11H2,1-2H3. The van der Waals surface area contributed by atoms with E-state index in [0.29, 0.717) is 50.4 Å². The minimum atomic E-state index is -4.44. The molecule has 1 aromatic heterocycles. The summed E-state index contributed by atoms with van der Waals surface area (Å²) >= 11 is 0. The van der Waals surface area contributed by atoms with Crippen molar-refractivity contribution in [2.24, 2.45) is 0 Å². The van der Waals surface area contributed by atoms with Crippen molar-refractivity contribution in [2.45, 2.75) is 64.3 Å². The van der Waals surface area contributed by atoms with Gasteiger partial charge in [-0.25, -0.2) is 4.98 Å². The summed E-state index contributed by atoms with van der Waals surface area (Å²) in [5, 5.41) is 6.34. The van der Waals surface area contributed by atoms with Gasteiger partial charge in [0.2, 0.25) is 11.7 Å². The number of piperidine rings is 1. The number of hydrogen-bond donors (Lipinski definition) is 2. The molecule has 0 saturated carbocycles. The summed E-state index contributed by atoms with van der Waals surface area (Å²) in [5.41, 5.74) is 1.20. The minimum Gasteiger partial charge on any atom is -0.341 e. The Morgan fingerprint density at radius 3 is 2.67 bits per heavy atom. The summed E-state index contributed by atoms with van der Waals surface area (Å²) in [6, 6.07) is -0.233. The molecule has 6 nitrogen and oxygen atoms in total. The summed E-state index contributed by atoms with van der Waals surface area (Å²) < 4.78 is 41.4. The van der Waals surface area contributed by atoms with Gasteiger partial charge in [-0.05, 0) is 32.7 Å². The average molecular weight is 387 g/mol.